The van der Waals surface area contributed by atoms with Gasteiger partial charge in [-0.3, -0.25) is 4.79 Å². The molecule has 116 valence electrons. The molecule has 1 aromatic rings. The fourth-order valence-corrected chi connectivity index (χ4v) is 2.37. The molecule has 1 fully saturated rings. The van der Waals surface area contributed by atoms with Crippen LogP contribution in [-0.2, 0) is 11.2 Å². The molecule has 1 aliphatic heterocycles. The van der Waals surface area contributed by atoms with Crippen LogP contribution in [0, 0.1) is 0 Å². The molecule has 4 nitrogen and oxygen atoms in total. The SMILES string of the molecule is CN1CCN(C(=O)Cc2ccc(OC(C)(C)C)cc2)CC1. The summed E-state index contributed by atoms with van der Waals surface area (Å²) in [7, 11) is 2.09. The lowest BCUT2D eigenvalue weighted by Crippen LogP contribution is -2.47. The van der Waals surface area contributed by atoms with Gasteiger partial charge in [-0.2, -0.15) is 0 Å². The van der Waals surface area contributed by atoms with E-state index in [0.29, 0.717) is 6.42 Å². The van der Waals surface area contributed by atoms with Crippen LogP contribution in [0.25, 0.3) is 0 Å². The van der Waals surface area contributed by atoms with E-state index in [-0.39, 0.29) is 11.5 Å². The van der Waals surface area contributed by atoms with Crippen LogP contribution in [0.5, 0.6) is 5.75 Å². The standard InChI is InChI=1S/C17H26N2O2/c1-17(2,3)21-15-7-5-14(6-8-15)13-16(20)19-11-9-18(4)10-12-19/h5-8H,9-13H2,1-4H3. The summed E-state index contributed by atoms with van der Waals surface area (Å²) in [5, 5.41) is 0. The van der Waals surface area contributed by atoms with Crippen molar-refractivity contribution < 1.29 is 9.53 Å². The van der Waals surface area contributed by atoms with Crippen LogP contribution >= 0.6 is 0 Å². The van der Waals surface area contributed by atoms with E-state index < -0.39 is 0 Å². The Morgan fingerprint density at radius 3 is 2.19 bits per heavy atom. The van der Waals surface area contributed by atoms with Crippen molar-refractivity contribution in [3.63, 3.8) is 0 Å². The number of likely N-dealkylation sites (N-methyl/N-ethyl adjacent to an activating group) is 1. The third-order valence-corrected chi connectivity index (χ3v) is 3.56. The minimum atomic E-state index is -0.197. The van der Waals surface area contributed by atoms with Crippen molar-refractivity contribution in [3.05, 3.63) is 29.8 Å². The summed E-state index contributed by atoms with van der Waals surface area (Å²) in [6.07, 6.45) is 0.472. The number of carbonyl (C=O) groups excluding carboxylic acids is 1. The molecule has 1 aliphatic rings. The van der Waals surface area contributed by atoms with E-state index in [9.17, 15) is 4.79 Å². The van der Waals surface area contributed by atoms with Crippen LogP contribution in [0.15, 0.2) is 24.3 Å². The van der Waals surface area contributed by atoms with Crippen LogP contribution < -0.4 is 4.74 Å². The molecule has 0 radical (unpaired) electrons. The molecule has 1 aromatic carbocycles. The second-order valence-electron chi connectivity index (χ2n) is 6.72. The number of benzene rings is 1. The molecule has 0 aromatic heterocycles. The van der Waals surface area contributed by atoms with E-state index in [1.165, 1.54) is 0 Å². The van der Waals surface area contributed by atoms with Gasteiger partial charge in [0.25, 0.3) is 0 Å². The molecule has 0 saturated carbocycles. The molecule has 1 heterocycles. The monoisotopic (exact) mass is 290 g/mol. The Balaban J connectivity index is 1.89. The zero-order valence-corrected chi connectivity index (χ0v) is 13.6. The van der Waals surface area contributed by atoms with Crippen LogP contribution in [0.3, 0.4) is 0 Å². The van der Waals surface area contributed by atoms with Crippen molar-refractivity contribution in [2.45, 2.75) is 32.8 Å². The first-order valence-corrected chi connectivity index (χ1v) is 7.58. The van der Waals surface area contributed by atoms with Crippen LogP contribution in [0.4, 0.5) is 0 Å². The van der Waals surface area contributed by atoms with Crippen molar-refractivity contribution in [2.24, 2.45) is 0 Å². The minimum Gasteiger partial charge on any atom is -0.488 e. The molecule has 0 aliphatic carbocycles. The number of ether oxygens (including phenoxy) is 1. The number of piperazine rings is 1. The summed E-state index contributed by atoms with van der Waals surface area (Å²) >= 11 is 0. The van der Waals surface area contributed by atoms with Gasteiger partial charge in [-0.05, 0) is 45.5 Å². The van der Waals surface area contributed by atoms with E-state index >= 15 is 0 Å². The lowest BCUT2D eigenvalue weighted by molar-refractivity contribution is -0.132. The molecule has 1 saturated heterocycles. The van der Waals surface area contributed by atoms with Gasteiger partial charge in [0.1, 0.15) is 11.4 Å². The predicted molar refractivity (Wildman–Crippen MR) is 84.6 cm³/mol. The summed E-state index contributed by atoms with van der Waals surface area (Å²) in [6.45, 7) is 9.67. The molecule has 0 unspecified atom stereocenters. The highest BCUT2D eigenvalue weighted by Crippen LogP contribution is 2.19. The lowest BCUT2D eigenvalue weighted by atomic mass is 10.1. The van der Waals surface area contributed by atoms with Gasteiger partial charge < -0.3 is 14.5 Å². The Hall–Kier alpha value is -1.55. The van der Waals surface area contributed by atoms with E-state index in [0.717, 1.165) is 37.5 Å². The second kappa shape index (κ2) is 6.48. The van der Waals surface area contributed by atoms with Gasteiger partial charge in [0, 0.05) is 26.2 Å². The molecule has 0 N–H and O–H groups in total. The average molecular weight is 290 g/mol. The first-order chi connectivity index (χ1) is 9.83. The molecular weight excluding hydrogens is 264 g/mol. The Kier molecular flexibility index (Phi) is 4.88. The van der Waals surface area contributed by atoms with Gasteiger partial charge in [0.2, 0.25) is 5.91 Å². The van der Waals surface area contributed by atoms with Gasteiger partial charge in [-0.25, -0.2) is 0 Å². The normalized spacial score (nSPS) is 16.9. The maximum absolute atomic E-state index is 12.3. The molecule has 0 bridgehead atoms. The quantitative estimate of drug-likeness (QED) is 0.855. The fraction of sp³-hybridized carbons (Fsp3) is 0.588. The molecule has 21 heavy (non-hydrogen) atoms. The topological polar surface area (TPSA) is 32.8 Å². The first-order valence-electron chi connectivity index (χ1n) is 7.58. The van der Waals surface area contributed by atoms with Gasteiger partial charge >= 0.3 is 0 Å². The highest BCUT2D eigenvalue weighted by Gasteiger charge is 2.19. The maximum Gasteiger partial charge on any atom is 0.227 e. The third kappa shape index (κ3) is 5.05. The predicted octanol–water partition coefficient (Wildman–Crippen LogP) is 2.18. The van der Waals surface area contributed by atoms with E-state index in [1.807, 2.05) is 49.9 Å². The highest BCUT2D eigenvalue weighted by atomic mass is 16.5. The third-order valence-electron chi connectivity index (χ3n) is 3.56. The molecular formula is C17H26N2O2. The first kappa shape index (κ1) is 15.8. The Bertz CT molecular complexity index is 469. The van der Waals surface area contributed by atoms with Gasteiger partial charge in [0.05, 0.1) is 6.42 Å². The van der Waals surface area contributed by atoms with E-state index in [1.54, 1.807) is 0 Å². The van der Waals surface area contributed by atoms with Crippen molar-refractivity contribution in [2.75, 3.05) is 33.2 Å². The minimum absolute atomic E-state index is 0.197. The van der Waals surface area contributed by atoms with Crippen LogP contribution in [-0.4, -0.2) is 54.5 Å². The smallest absolute Gasteiger partial charge is 0.227 e. The van der Waals surface area contributed by atoms with E-state index in [2.05, 4.69) is 11.9 Å². The average Bonchev–Trinajstić information content (AvgIpc) is 2.40. The van der Waals surface area contributed by atoms with Crippen LogP contribution in [0.1, 0.15) is 26.3 Å². The molecule has 0 spiro atoms. The van der Waals surface area contributed by atoms with Gasteiger partial charge in [-0.15, -0.1) is 0 Å². The van der Waals surface area contributed by atoms with Crippen molar-refractivity contribution in [3.8, 4) is 5.75 Å². The largest absolute Gasteiger partial charge is 0.488 e. The summed E-state index contributed by atoms with van der Waals surface area (Å²) in [4.78, 5) is 16.5. The molecule has 2 rings (SSSR count). The van der Waals surface area contributed by atoms with Gasteiger partial charge in [-0.1, -0.05) is 12.1 Å². The van der Waals surface area contributed by atoms with Gasteiger partial charge in [0.15, 0.2) is 0 Å². The van der Waals surface area contributed by atoms with Crippen LogP contribution in [0.2, 0.25) is 0 Å². The number of rotatable bonds is 3. The summed E-state index contributed by atoms with van der Waals surface area (Å²) in [5.41, 5.74) is 0.845. The zero-order valence-electron chi connectivity index (χ0n) is 13.6. The number of hydrogen-bond donors (Lipinski definition) is 0. The lowest BCUT2D eigenvalue weighted by Gasteiger charge is -2.32. The van der Waals surface area contributed by atoms with Crippen molar-refractivity contribution >= 4 is 5.91 Å². The van der Waals surface area contributed by atoms with Crippen molar-refractivity contribution in [1.29, 1.82) is 0 Å². The highest BCUT2D eigenvalue weighted by molar-refractivity contribution is 5.78. The Labute approximate surface area is 127 Å². The van der Waals surface area contributed by atoms with Crippen molar-refractivity contribution in [1.82, 2.24) is 9.80 Å². The summed E-state index contributed by atoms with van der Waals surface area (Å²) < 4.78 is 5.79. The zero-order chi connectivity index (χ0) is 15.5. The molecule has 1 amide bonds. The number of carbonyl (C=O) groups is 1. The maximum atomic E-state index is 12.3. The Morgan fingerprint density at radius 1 is 1.10 bits per heavy atom. The summed E-state index contributed by atoms with van der Waals surface area (Å²) in [6, 6.07) is 7.85. The second-order valence-corrected chi connectivity index (χ2v) is 6.72. The Morgan fingerprint density at radius 2 is 1.67 bits per heavy atom. The number of nitrogens with zero attached hydrogens (tertiary/aromatic N) is 2. The number of hydrogen-bond acceptors (Lipinski definition) is 3. The molecule has 0 atom stereocenters. The molecule has 4 heteroatoms. The summed E-state index contributed by atoms with van der Waals surface area (Å²) in [5.74, 6) is 1.06. The fourth-order valence-electron chi connectivity index (χ4n) is 2.37. The number of amides is 1. The van der Waals surface area contributed by atoms with E-state index in [4.69, 9.17) is 4.74 Å².